The Balaban J connectivity index is 1.53. The summed E-state index contributed by atoms with van der Waals surface area (Å²) in [5, 5.41) is 9.36. The molecule has 146 valence electrons. The summed E-state index contributed by atoms with van der Waals surface area (Å²) in [7, 11) is 1.78. The summed E-state index contributed by atoms with van der Waals surface area (Å²) in [4.78, 5) is 25.5. The van der Waals surface area contributed by atoms with Gasteiger partial charge in [-0.15, -0.1) is 0 Å². The maximum Gasteiger partial charge on any atom is 0.297 e. The van der Waals surface area contributed by atoms with E-state index in [1.54, 1.807) is 25.2 Å². The van der Waals surface area contributed by atoms with Gasteiger partial charge in [-0.3, -0.25) is 9.59 Å². The van der Waals surface area contributed by atoms with E-state index in [1.807, 2.05) is 30.3 Å². The molecule has 2 amide bonds. The largest absolute Gasteiger partial charge is 0.322 e. The van der Waals surface area contributed by atoms with Crippen LogP contribution in [0, 0.1) is 0 Å². The van der Waals surface area contributed by atoms with Crippen molar-refractivity contribution < 1.29 is 14.5 Å². The number of carbonyl (C=O) groups excluding carboxylic acids is 2. The molecular formula is C20H21Cl2N4O2+. The molecule has 0 spiro atoms. The number of hydrazone groups is 1. The average Bonchev–Trinajstić information content (AvgIpc) is 3.16. The Morgan fingerprint density at radius 1 is 1.07 bits per heavy atom. The van der Waals surface area contributed by atoms with Gasteiger partial charge in [0.1, 0.15) is 0 Å². The van der Waals surface area contributed by atoms with Gasteiger partial charge in [-0.25, -0.2) is 5.01 Å². The number of amides is 2. The third-order valence-corrected chi connectivity index (χ3v) is 4.97. The van der Waals surface area contributed by atoms with Gasteiger partial charge in [0.15, 0.2) is 13.1 Å². The van der Waals surface area contributed by atoms with E-state index in [0.717, 1.165) is 22.6 Å². The van der Waals surface area contributed by atoms with Crippen molar-refractivity contribution in [2.75, 3.05) is 32.0 Å². The molecule has 8 heteroatoms. The topological polar surface area (TPSA) is 66.2 Å². The first-order chi connectivity index (χ1) is 13.4. The first kappa shape index (κ1) is 20.3. The lowest BCUT2D eigenvalue weighted by molar-refractivity contribution is -0.862. The number of halogens is 2. The van der Waals surface area contributed by atoms with Crippen LogP contribution in [0.1, 0.15) is 12.0 Å². The van der Waals surface area contributed by atoms with E-state index in [-0.39, 0.29) is 24.9 Å². The highest BCUT2D eigenvalue weighted by Gasteiger charge is 2.25. The second-order valence-electron chi connectivity index (χ2n) is 6.64. The molecule has 1 aliphatic rings. The number of nitrogens with one attached hydrogen (secondary N) is 2. The Morgan fingerprint density at radius 2 is 1.75 bits per heavy atom. The van der Waals surface area contributed by atoms with Crippen molar-refractivity contribution in [3.63, 3.8) is 0 Å². The van der Waals surface area contributed by atoms with Gasteiger partial charge in [-0.1, -0.05) is 59.6 Å². The minimum Gasteiger partial charge on any atom is -0.322 e. The molecule has 1 atom stereocenters. The van der Waals surface area contributed by atoms with Crippen molar-refractivity contribution in [1.82, 2.24) is 5.01 Å². The predicted octanol–water partition coefficient (Wildman–Crippen LogP) is 2.08. The highest BCUT2D eigenvalue weighted by atomic mass is 35.5. The van der Waals surface area contributed by atoms with Crippen LogP contribution < -0.4 is 10.2 Å². The lowest BCUT2D eigenvalue weighted by Gasteiger charge is -2.17. The molecule has 1 aliphatic heterocycles. The summed E-state index contributed by atoms with van der Waals surface area (Å²) in [5.41, 5.74) is 2.30. The number of quaternary nitrogens is 1. The third-order valence-electron chi connectivity index (χ3n) is 4.34. The van der Waals surface area contributed by atoms with Gasteiger partial charge >= 0.3 is 0 Å². The molecule has 1 heterocycles. The summed E-state index contributed by atoms with van der Waals surface area (Å²) in [6, 6.07) is 14.8. The van der Waals surface area contributed by atoms with Crippen molar-refractivity contribution >= 4 is 46.4 Å². The molecular weight excluding hydrogens is 399 g/mol. The molecule has 6 nitrogen and oxygen atoms in total. The summed E-state index contributed by atoms with van der Waals surface area (Å²) in [5.74, 6) is -0.387. The van der Waals surface area contributed by atoms with E-state index in [4.69, 9.17) is 23.2 Å². The van der Waals surface area contributed by atoms with Crippen LogP contribution in [0.4, 0.5) is 5.69 Å². The lowest BCUT2D eigenvalue weighted by Crippen LogP contribution is -3.11. The number of anilines is 1. The molecule has 0 saturated carbocycles. The van der Waals surface area contributed by atoms with Crippen LogP contribution in [0.15, 0.2) is 53.6 Å². The Morgan fingerprint density at radius 3 is 2.43 bits per heavy atom. The Labute approximate surface area is 173 Å². The first-order valence-corrected chi connectivity index (χ1v) is 9.68. The Hall–Kier alpha value is -2.41. The third kappa shape index (κ3) is 5.10. The maximum atomic E-state index is 12.5. The molecule has 2 N–H and O–H groups in total. The molecule has 0 aromatic heterocycles. The van der Waals surface area contributed by atoms with E-state index in [1.165, 1.54) is 5.01 Å². The Kier molecular flexibility index (Phi) is 6.67. The second-order valence-corrected chi connectivity index (χ2v) is 7.45. The fourth-order valence-electron chi connectivity index (χ4n) is 2.96. The number of benzene rings is 2. The molecule has 0 aliphatic carbocycles. The number of carbonyl (C=O) groups is 2. The van der Waals surface area contributed by atoms with Crippen LogP contribution in [0.3, 0.4) is 0 Å². The molecule has 0 saturated heterocycles. The van der Waals surface area contributed by atoms with Gasteiger partial charge in [-0.05, 0) is 17.7 Å². The fourth-order valence-corrected chi connectivity index (χ4v) is 3.45. The average molecular weight is 420 g/mol. The van der Waals surface area contributed by atoms with Crippen molar-refractivity contribution in [2.45, 2.75) is 6.42 Å². The number of likely N-dealkylation sites (N-methyl/N-ethyl adjacent to an activating group) is 1. The normalized spacial score (nSPS) is 14.5. The molecule has 2 aromatic carbocycles. The highest BCUT2D eigenvalue weighted by molar-refractivity contribution is 6.39. The van der Waals surface area contributed by atoms with Crippen LogP contribution >= 0.6 is 23.2 Å². The fraction of sp³-hybridized carbons (Fsp3) is 0.250. The van der Waals surface area contributed by atoms with Gasteiger partial charge in [0, 0.05) is 6.42 Å². The molecule has 3 rings (SSSR count). The van der Waals surface area contributed by atoms with Crippen molar-refractivity contribution in [3.8, 4) is 0 Å². The van der Waals surface area contributed by atoms with Crippen LogP contribution in [-0.4, -0.2) is 49.2 Å². The van der Waals surface area contributed by atoms with E-state index in [9.17, 15) is 9.59 Å². The van der Waals surface area contributed by atoms with Gasteiger partial charge in [-0.2, -0.15) is 5.10 Å². The minimum atomic E-state index is -0.268. The molecule has 0 radical (unpaired) electrons. The zero-order valence-corrected chi connectivity index (χ0v) is 16.9. The first-order valence-electron chi connectivity index (χ1n) is 8.92. The molecule has 2 aromatic rings. The summed E-state index contributed by atoms with van der Waals surface area (Å²) in [6.45, 7) is 0.823. The van der Waals surface area contributed by atoms with Crippen LogP contribution in [0.2, 0.25) is 10.0 Å². The smallest absolute Gasteiger partial charge is 0.297 e. The highest BCUT2D eigenvalue weighted by Crippen LogP contribution is 2.29. The van der Waals surface area contributed by atoms with Crippen LogP contribution in [-0.2, 0) is 9.59 Å². The van der Waals surface area contributed by atoms with Gasteiger partial charge < -0.3 is 10.2 Å². The number of hydrogen-bond donors (Lipinski definition) is 2. The van der Waals surface area contributed by atoms with Crippen molar-refractivity contribution in [2.24, 2.45) is 5.10 Å². The van der Waals surface area contributed by atoms with E-state index >= 15 is 0 Å². The van der Waals surface area contributed by atoms with Gasteiger partial charge in [0.25, 0.3) is 11.8 Å². The summed E-state index contributed by atoms with van der Waals surface area (Å²) < 4.78 is 0. The summed E-state index contributed by atoms with van der Waals surface area (Å²) >= 11 is 12.1. The zero-order chi connectivity index (χ0) is 20.1. The number of rotatable bonds is 6. The maximum absolute atomic E-state index is 12.5. The molecule has 0 fully saturated rings. The van der Waals surface area contributed by atoms with Gasteiger partial charge in [0.05, 0.1) is 35.0 Å². The number of para-hydroxylation sites is 1. The van der Waals surface area contributed by atoms with Crippen LogP contribution in [0.25, 0.3) is 0 Å². The zero-order valence-electron chi connectivity index (χ0n) is 15.4. The lowest BCUT2D eigenvalue weighted by atomic mass is 10.1. The molecule has 28 heavy (non-hydrogen) atoms. The molecule has 0 bridgehead atoms. The number of nitrogens with zero attached hydrogens (tertiary/aromatic N) is 2. The predicted molar refractivity (Wildman–Crippen MR) is 111 cm³/mol. The SMILES string of the molecule is C[NH+](CC(=O)Nc1c(Cl)cccc1Cl)CC(=O)N1CCC(c2ccccc2)=N1. The van der Waals surface area contributed by atoms with Crippen molar-refractivity contribution in [1.29, 1.82) is 0 Å². The quantitative estimate of drug-likeness (QED) is 0.752. The Bertz CT molecular complexity index is 882. The van der Waals surface area contributed by atoms with E-state index < -0.39 is 0 Å². The summed E-state index contributed by atoms with van der Waals surface area (Å²) in [6.07, 6.45) is 0.723. The number of hydrogen-bond acceptors (Lipinski definition) is 3. The second kappa shape index (κ2) is 9.19. The monoisotopic (exact) mass is 419 g/mol. The minimum absolute atomic E-state index is 0.108. The van der Waals surface area contributed by atoms with Crippen molar-refractivity contribution in [3.05, 3.63) is 64.1 Å². The van der Waals surface area contributed by atoms with Gasteiger partial charge in [0.2, 0.25) is 0 Å². The van der Waals surface area contributed by atoms with Crippen LogP contribution in [0.5, 0.6) is 0 Å². The van der Waals surface area contributed by atoms with E-state index in [2.05, 4.69) is 10.4 Å². The van der Waals surface area contributed by atoms with E-state index in [0.29, 0.717) is 22.3 Å². The molecule has 1 unspecified atom stereocenters. The standard InChI is InChI=1S/C20H20Cl2N4O2/c1-25(12-18(27)23-20-15(21)8-5-9-16(20)22)13-19(28)26-11-10-17(24-26)14-6-3-2-4-7-14/h2-9H,10-13H2,1H3,(H,23,27)/p+1.